The third-order valence-electron chi connectivity index (χ3n) is 3.40. The predicted octanol–water partition coefficient (Wildman–Crippen LogP) is 1.14. The van der Waals surface area contributed by atoms with Crippen molar-refractivity contribution in [3.63, 3.8) is 0 Å². The summed E-state index contributed by atoms with van der Waals surface area (Å²) in [5.41, 5.74) is 0.0471. The van der Waals surface area contributed by atoms with Crippen LogP contribution in [0.3, 0.4) is 0 Å². The van der Waals surface area contributed by atoms with Gasteiger partial charge in [0.15, 0.2) is 5.75 Å². The average molecular weight is 279 g/mol. The summed E-state index contributed by atoms with van der Waals surface area (Å²) in [6.45, 7) is 6.99. The molecule has 0 saturated carbocycles. The van der Waals surface area contributed by atoms with E-state index < -0.39 is 22.1 Å². The largest absolute Gasteiger partial charge is 0.504 e. The maximum absolute atomic E-state index is 10.9. The van der Waals surface area contributed by atoms with E-state index in [2.05, 4.69) is 16.8 Å². The molecule has 1 saturated heterocycles. The van der Waals surface area contributed by atoms with Crippen LogP contribution in [0.1, 0.15) is 11.6 Å². The fourth-order valence-electron chi connectivity index (χ4n) is 2.39. The predicted molar refractivity (Wildman–Crippen MR) is 73.8 cm³/mol. The highest BCUT2D eigenvalue weighted by Crippen LogP contribution is 2.39. The molecule has 1 aliphatic heterocycles. The minimum absolute atomic E-state index is 0.234. The number of nitrogens with one attached hydrogen (secondary N) is 1. The normalized spacial score (nSPS) is 17.6. The molecule has 1 aromatic carbocycles. The summed E-state index contributed by atoms with van der Waals surface area (Å²) in [4.78, 5) is 12.3. The molecule has 0 bridgehead atoms. The van der Waals surface area contributed by atoms with E-state index in [1.807, 2.05) is 0 Å². The first-order valence-electron chi connectivity index (χ1n) is 6.32. The van der Waals surface area contributed by atoms with Crippen molar-refractivity contribution in [3.8, 4) is 11.5 Å². The van der Waals surface area contributed by atoms with Crippen LogP contribution in [0, 0.1) is 10.1 Å². The van der Waals surface area contributed by atoms with E-state index in [4.69, 9.17) is 0 Å². The molecular weight excluding hydrogens is 262 g/mol. The number of aromatic hydroxyl groups is 2. The van der Waals surface area contributed by atoms with Gasteiger partial charge in [0.25, 0.3) is 0 Å². The van der Waals surface area contributed by atoms with E-state index in [0.717, 1.165) is 26.2 Å². The number of hydrogen-bond donors (Lipinski definition) is 3. The Bertz CT molecular complexity index is 527. The van der Waals surface area contributed by atoms with Gasteiger partial charge in [0.05, 0.1) is 11.0 Å². The molecule has 0 amide bonds. The van der Waals surface area contributed by atoms with Crippen LogP contribution in [-0.4, -0.2) is 46.2 Å². The molecular formula is C13H17N3O4. The van der Waals surface area contributed by atoms with Crippen LogP contribution in [0.2, 0.25) is 0 Å². The fourth-order valence-corrected chi connectivity index (χ4v) is 2.39. The molecule has 1 aromatic rings. The van der Waals surface area contributed by atoms with Gasteiger partial charge in [0.2, 0.25) is 5.75 Å². The highest BCUT2D eigenvalue weighted by atomic mass is 16.6. The van der Waals surface area contributed by atoms with E-state index >= 15 is 0 Å². The Hall–Kier alpha value is -2.12. The zero-order valence-electron chi connectivity index (χ0n) is 11.0. The molecule has 2 rings (SSSR count). The van der Waals surface area contributed by atoms with Crippen LogP contribution < -0.4 is 5.32 Å². The molecule has 0 aromatic heterocycles. The molecule has 0 spiro atoms. The molecule has 1 aliphatic rings. The standard InChI is InChI=1S/C13H17N3O4/c1-2-10(15-5-3-14-4-6-15)9-7-11(16(19)20)13(18)12(17)8-9/h2,7-8,10,14,17-18H,1,3-6H2/t10-/m1/s1. The van der Waals surface area contributed by atoms with Gasteiger partial charge in [0, 0.05) is 32.2 Å². The highest BCUT2D eigenvalue weighted by Gasteiger charge is 2.25. The van der Waals surface area contributed by atoms with Crippen LogP contribution in [0.25, 0.3) is 0 Å². The molecule has 7 heteroatoms. The molecule has 1 atom stereocenters. The highest BCUT2D eigenvalue weighted by molar-refractivity contribution is 5.57. The minimum Gasteiger partial charge on any atom is -0.504 e. The van der Waals surface area contributed by atoms with E-state index in [-0.39, 0.29) is 6.04 Å². The summed E-state index contributed by atoms with van der Waals surface area (Å²) < 4.78 is 0. The Morgan fingerprint density at radius 1 is 1.40 bits per heavy atom. The quantitative estimate of drug-likeness (QED) is 0.331. The van der Waals surface area contributed by atoms with Gasteiger partial charge < -0.3 is 15.5 Å². The summed E-state index contributed by atoms with van der Waals surface area (Å²) in [5, 5.41) is 33.3. The van der Waals surface area contributed by atoms with Crippen LogP contribution in [0.4, 0.5) is 5.69 Å². The Labute approximate surface area is 116 Å². The first kappa shape index (κ1) is 14.3. The molecule has 0 radical (unpaired) electrons. The van der Waals surface area contributed by atoms with Gasteiger partial charge in [-0.05, 0) is 11.6 Å². The average Bonchev–Trinajstić information content (AvgIpc) is 2.44. The van der Waals surface area contributed by atoms with Crippen LogP contribution in [0.5, 0.6) is 11.5 Å². The van der Waals surface area contributed by atoms with Gasteiger partial charge in [-0.25, -0.2) is 0 Å². The smallest absolute Gasteiger partial charge is 0.314 e. The Morgan fingerprint density at radius 2 is 2.05 bits per heavy atom. The number of phenolic OH excluding ortho intramolecular Hbond substituents is 2. The Kier molecular flexibility index (Phi) is 4.21. The zero-order chi connectivity index (χ0) is 14.7. The van der Waals surface area contributed by atoms with Crippen molar-refractivity contribution >= 4 is 5.69 Å². The van der Waals surface area contributed by atoms with E-state index in [0.29, 0.717) is 5.56 Å². The number of nitrogens with zero attached hydrogens (tertiary/aromatic N) is 2. The second kappa shape index (κ2) is 5.89. The van der Waals surface area contributed by atoms with E-state index in [9.17, 15) is 20.3 Å². The monoisotopic (exact) mass is 279 g/mol. The van der Waals surface area contributed by atoms with Crippen molar-refractivity contribution in [2.45, 2.75) is 6.04 Å². The fraction of sp³-hybridized carbons (Fsp3) is 0.385. The molecule has 0 aliphatic carbocycles. The lowest BCUT2D eigenvalue weighted by atomic mass is 10.0. The van der Waals surface area contributed by atoms with Gasteiger partial charge in [-0.2, -0.15) is 0 Å². The lowest BCUT2D eigenvalue weighted by molar-refractivity contribution is -0.386. The first-order chi connectivity index (χ1) is 9.54. The van der Waals surface area contributed by atoms with Crippen molar-refractivity contribution in [2.75, 3.05) is 26.2 Å². The first-order valence-corrected chi connectivity index (χ1v) is 6.32. The number of phenols is 2. The number of rotatable bonds is 4. The number of nitro benzene ring substituents is 1. The number of hydrogen-bond acceptors (Lipinski definition) is 6. The second-order valence-electron chi connectivity index (χ2n) is 4.63. The van der Waals surface area contributed by atoms with Gasteiger partial charge >= 0.3 is 5.69 Å². The molecule has 20 heavy (non-hydrogen) atoms. The van der Waals surface area contributed by atoms with E-state index in [1.54, 1.807) is 6.08 Å². The number of benzene rings is 1. The van der Waals surface area contributed by atoms with Crippen molar-refractivity contribution in [1.82, 2.24) is 10.2 Å². The molecule has 3 N–H and O–H groups in total. The lowest BCUT2D eigenvalue weighted by Crippen LogP contribution is -2.44. The summed E-state index contributed by atoms with van der Waals surface area (Å²) in [6, 6.07) is 2.39. The third-order valence-corrected chi connectivity index (χ3v) is 3.40. The van der Waals surface area contributed by atoms with Gasteiger partial charge in [-0.3, -0.25) is 15.0 Å². The molecule has 7 nitrogen and oxygen atoms in total. The molecule has 108 valence electrons. The number of nitro groups is 1. The van der Waals surface area contributed by atoms with Gasteiger partial charge in [-0.15, -0.1) is 6.58 Å². The summed E-state index contributed by atoms with van der Waals surface area (Å²) >= 11 is 0. The Balaban J connectivity index is 2.38. The molecule has 1 fully saturated rings. The summed E-state index contributed by atoms with van der Waals surface area (Å²) in [5.74, 6) is -1.20. The zero-order valence-corrected chi connectivity index (χ0v) is 11.0. The maximum Gasteiger partial charge on any atom is 0.314 e. The van der Waals surface area contributed by atoms with Crippen LogP contribution in [-0.2, 0) is 0 Å². The molecule has 0 unspecified atom stereocenters. The van der Waals surface area contributed by atoms with Crippen LogP contribution in [0.15, 0.2) is 24.8 Å². The minimum atomic E-state index is -0.712. The Morgan fingerprint density at radius 3 is 2.60 bits per heavy atom. The summed E-state index contributed by atoms with van der Waals surface area (Å²) in [6.07, 6.45) is 1.68. The third kappa shape index (κ3) is 2.73. The summed E-state index contributed by atoms with van der Waals surface area (Å²) in [7, 11) is 0. The number of piperazine rings is 1. The van der Waals surface area contributed by atoms with Crippen molar-refractivity contribution in [3.05, 3.63) is 40.5 Å². The van der Waals surface area contributed by atoms with E-state index in [1.165, 1.54) is 12.1 Å². The second-order valence-corrected chi connectivity index (χ2v) is 4.63. The van der Waals surface area contributed by atoms with Crippen molar-refractivity contribution < 1.29 is 15.1 Å². The van der Waals surface area contributed by atoms with Gasteiger partial charge in [-0.1, -0.05) is 6.08 Å². The van der Waals surface area contributed by atoms with Crippen molar-refractivity contribution in [1.29, 1.82) is 0 Å². The topological polar surface area (TPSA) is 98.9 Å². The lowest BCUT2D eigenvalue weighted by Gasteiger charge is -2.33. The molecule has 1 heterocycles. The maximum atomic E-state index is 10.9. The van der Waals surface area contributed by atoms with Crippen molar-refractivity contribution in [2.24, 2.45) is 0 Å². The van der Waals surface area contributed by atoms with Crippen LogP contribution >= 0.6 is 0 Å². The SMILES string of the molecule is C=C[C@H](c1cc(O)c(O)c([N+](=O)[O-])c1)N1CCNCC1. The van der Waals surface area contributed by atoms with Gasteiger partial charge in [0.1, 0.15) is 0 Å².